The van der Waals surface area contributed by atoms with Crippen molar-refractivity contribution in [1.29, 1.82) is 0 Å². The van der Waals surface area contributed by atoms with Gasteiger partial charge in [-0.2, -0.15) is 5.10 Å². The Morgan fingerprint density at radius 2 is 2.30 bits per heavy atom. The van der Waals surface area contributed by atoms with Crippen molar-refractivity contribution in [3.63, 3.8) is 0 Å². The van der Waals surface area contributed by atoms with Crippen LogP contribution in [0, 0.1) is 0 Å². The maximum Gasteiger partial charge on any atom is 0.287 e. The number of nitrogens with one attached hydrogen (secondary N) is 1. The lowest BCUT2D eigenvalue weighted by atomic mass is 10.3. The van der Waals surface area contributed by atoms with Crippen molar-refractivity contribution in [2.45, 2.75) is 12.6 Å². The number of rotatable bonds is 7. The summed E-state index contributed by atoms with van der Waals surface area (Å²) in [6, 6.07) is 0. The Balaban J connectivity index is 2.78. The number of anilines is 1. The highest BCUT2D eigenvalue weighted by Gasteiger charge is 2.13. The molecule has 1 atom stereocenters. The fraction of sp³-hybridized carbons (Fsp3) is 0.545. The molecule has 0 aliphatic rings. The van der Waals surface area contributed by atoms with Crippen molar-refractivity contribution in [2.24, 2.45) is 5.73 Å². The van der Waals surface area contributed by atoms with Gasteiger partial charge in [-0.05, 0) is 14.1 Å². The van der Waals surface area contributed by atoms with Crippen molar-refractivity contribution in [3.05, 3.63) is 21.6 Å². The second-order valence-corrected chi connectivity index (χ2v) is 4.88. The third-order valence-electron chi connectivity index (χ3n) is 2.56. The summed E-state index contributed by atoms with van der Waals surface area (Å²) in [6.07, 6.45) is 0.00912. The Labute approximate surface area is 121 Å². The van der Waals surface area contributed by atoms with Crippen molar-refractivity contribution >= 4 is 23.2 Å². The Bertz CT molecular complexity index is 531. The summed E-state index contributed by atoms with van der Waals surface area (Å²) in [4.78, 5) is 24.5. The molecule has 1 rings (SSSR count). The number of carbonyl (C=O) groups excluding carboxylic acids is 1. The first-order valence-electron chi connectivity index (χ1n) is 5.94. The molecule has 0 aliphatic carbocycles. The molecule has 1 aromatic heterocycles. The molecule has 0 aromatic carbocycles. The van der Waals surface area contributed by atoms with Crippen LogP contribution >= 0.6 is 11.6 Å². The number of likely N-dealkylation sites (N-methyl/N-ethyl adjacent to an activating group) is 1. The Kier molecular flexibility index (Phi) is 5.93. The van der Waals surface area contributed by atoms with E-state index in [1.807, 2.05) is 19.0 Å². The first-order chi connectivity index (χ1) is 9.32. The fourth-order valence-electron chi connectivity index (χ4n) is 1.35. The molecule has 112 valence electrons. The Hall–Kier alpha value is -1.64. The average Bonchev–Trinajstić information content (AvgIpc) is 2.38. The van der Waals surface area contributed by atoms with E-state index in [0.717, 1.165) is 0 Å². The number of halogens is 1. The van der Waals surface area contributed by atoms with Crippen LogP contribution in [0.3, 0.4) is 0 Å². The normalized spacial score (nSPS) is 12.4. The van der Waals surface area contributed by atoms with E-state index in [2.05, 4.69) is 10.4 Å². The quantitative estimate of drug-likeness (QED) is 0.578. The smallest absolute Gasteiger partial charge is 0.287 e. The van der Waals surface area contributed by atoms with Gasteiger partial charge in [-0.25, -0.2) is 4.68 Å². The highest BCUT2D eigenvalue weighted by Crippen LogP contribution is 2.14. The van der Waals surface area contributed by atoms with Crippen LogP contribution in [0.4, 0.5) is 5.69 Å². The van der Waals surface area contributed by atoms with Crippen LogP contribution in [-0.2, 0) is 11.3 Å². The van der Waals surface area contributed by atoms with E-state index in [1.165, 1.54) is 10.9 Å². The van der Waals surface area contributed by atoms with Gasteiger partial charge in [0.25, 0.3) is 5.56 Å². The summed E-state index contributed by atoms with van der Waals surface area (Å²) < 4.78 is 1.25. The van der Waals surface area contributed by atoms with Gasteiger partial charge >= 0.3 is 0 Å². The van der Waals surface area contributed by atoms with Crippen LogP contribution < -0.4 is 16.6 Å². The molecular formula is C11H18ClN5O3. The first kappa shape index (κ1) is 16.4. The number of hydrogen-bond acceptors (Lipinski definition) is 6. The van der Waals surface area contributed by atoms with Gasteiger partial charge in [0.15, 0.2) is 0 Å². The van der Waals surface area contributed by atoms with Gasteiger partial charge in [0.05, 0.1) is 18.4 Å². The highest BCUT2D eigenvalue weighted by molar-refractivity contribution is 6.32. The molecule has 1 aromatic rings. The molecule has 1 amide bonds. The molecule has 20 heavy (non-hydrogen) atoms. The van der Waals surface area contributed by atoms with Crippen molar-refractivity contribution < 1.29 is 9.90 Å². The fourth-order valence-corrected chi connectivity index (χ4v) is 1.56. The Morgan fingerprint density at radius 1 is 1.65 bits per heavy atom. The van der Waals surface area contributed by atoms with Gasteiger partial charge in [0, 0.05) is 13.1 Å². The lowest BCUT2D eigenvalue weighted by Crippen LogP contribution is -2.35. The molecular weight excluding hydrogens is 286 g/mol. The van der Waals surface area contributed by atoms with Crippen LogP contribution in [0.2, 0.25) is 5.02 Å². The first-order valence-corrected chi connectivity index (χ1v) is 6.32. The number of primary amides is 1. The zero-order valence-electron chi connectivity index (χ0n) is 11.3. The lowest BCUT2D eigenvalue weighted by Gasteiger charge is -2.13. The van der Waals surface area contributed by atoms with Crippen molar-refractivity contribution in [3.8, 4) is 0 Å². The summed E-state index contributed by atoms with van der Waals surface area (Å²) in [5, 5.41) is 15.8. The number of nitrogens with two attached hydrogens (primary N) is 1. The maximum atomic E-state index is 11.9. The number of carbonyl (C=O) groups is 1. The topological polar surface area (TPSA) is 113 Å². The van der Waals surface area contributed by atoms with Crippen molar-refractivity contribution in [2.75, 3.05) is 32.5 Å². The van der Waals surface area contributed by atoms with Gasteiger partial charge in [-0.1, -0.05) is 11.6 Å². The largest absolute Gasteiger partial charge is 0.381 e. The van der Waals surface area contributed by atoms with Gasteiger partial charge in [0.1, 0.15) is 11.1 Å². The molecule has 0 aliphatic heterocycles. The molecule has 1 heterocycles. The molecule has 0 bridgehead atoms. The Morgan fingerprint density at radius 3 is 2.85 bits per heavy atom. The molecule has 4 N–H and O–H groups in total. The van der Waals surface area contributed by atoms with Crippen LogP contribution in [0.5, 0.6) is 0 Å². The van der Waals surface area contributed by atoms with Gasteiger partial charge in [0.2, 0.25) is 5.91 Å². The van der Waals surface area contributed by atoms with Crippen LogP contribution in [0.1, 0.15) is 0 Å². The highest BCUT2D eigenvalue weighted by atomic mass is 35.5. The summed E-state index contributed by atoms with van der Waals surface area (Å²) in [6.45, 7) is 0.921. The van der Waals surface area contributed by atoms with Crippen molar-refractivity contribution in [1.82, 2.24) is 14.7 Å². The SMILES string of the molecule is CN(C)CCn1ncc(NCC(O)C(N)=O)c(Cl)c1=O. The van der Waals surface area contributed by atoms with E-state index in [0.29, 0.717) is 13.1 Å². The predicted octanol–water partition coefficient (Wildman–Crippen LogP) is -1.28. The van der Waals surface area contributed by atoms with E-state index in [1.54, 1.807) is 0 Å². The zero-order chi connectivity index (χ0) is 15.3. The van der Waals surface area contributed by atoms with Gasteiger partial charge in [-0.15, -0.1) is 0 Å². The van der Waals surface area contributed by atoms with Crippen LogP contribution in [0.25, 0.3) is 0 Å². The zero-order valence-corrected chi connectivity index (χ0v) is 12.1. The number of nitrogens with zero attached hydrogens (tertiary/aromatic N) is 3. The molecule has 0 spiro atoms. The van der Waals surface area contributed by atoms with Crippen LogP contribution in [0.15, 0.2) is 11.0 Å². The molecule has 1 unspecified atom stereocenters. The minimum absolute atomic E-state index is 0.0459. The minimum atomic E-state index is -1.36. The molecule has 8 nitrogen and oxygen atoms in total. The van der Waals surface area contributed by atoms with Crippen LogP contribution in [-0.4, -0.2) is 59.0 Å². The third kappa shape index (κ3) is 4.48. The summed E-state index contributed by atoms with van der Waals surface area (Å²) >= 11 is 5.93. The molecule has 0 fully saturated rings. The average molecular weight is 304 g/mol. The minimum Gasteiger partial charge on any atom is -0.381 e. The number of aliphatic hydroxyl groups is 1. The van der Waals surface area contributed by atoms with Gasteiger partial charge < -0.3 is 21.1 Å². The number of aliphatic hydroxyl groups excluding tert-OH is 1. The van der Waals surface area contributed by atoms with E-state index in [-0.39, 0.29) is 17.3 Å². The van der Waals surface area contributed by atoms with E-state index >= 15 is 0 Å². The summed E-state index contributed by atoms with van der Waals surface area (Å²) in [5.41, 5.74) is 4.72. The predicted molar refractivity (Wildman–Crippen MR) is 75.8 cm³/mol. The molecule has 9 heteroatoms. The molecule has 0 saturated heterocycles. The monoisotopic (exact) mass is 303 g/mol. The number of amides is 1. The van der Waals surface area contributed by atoms with E-state index < -0.39 is 17.6 Å². The van der Waals surface area contributed by atoms with E-state index in [4.69, 9.17) is 17.3 Å². The van der Waals surface area contributed by atoms with Gasteiger partial charge in [-0.3, -0.25) is 9.59 Å². The number of aromatic nitrogens is 2. The number of hydrogen-bond donors (Lipinski definition) is 3. The van der Waals surface area contributed by atoms with E-state index in [9.17, 15) is 14.7 Å². The lowest BCUT2D eigenvalue weighted by molar-refractivity contribution is -0.125. The summed E-state index contributed by atoms with van der Waals surface area (Å²) in [5.74, 6) is -0.860. The third-order valence-corrected chi connectivity index (χ3v) is 2.92. The molecule has 0 radical (unpaired) electrons. The summed E-state index contributed by atoms with van der Waals surface area (Å²) in [7, 11) is 3.77. The standard InChI is InChI=1S/C11H18ClN5O3/c1-16(2)3-4-17-11(20)9(12)7(5-15-17)14-6-8(18)10(13)19/h5,8,14,18H,3-4,6H2,1-2H3,(H2,13,19). The second kappa shape index (κ2) is 7.22. The maximum absolute atomic E-state index is 11.9. The molecule has 0 saturated carbocycles. The second-order valence-electron chi connectivity index (χ2n) is 4.50.